The van der Waals surface area contributed by atoms with Gasteiger partial charge in [-0.2, -0.15) is 0 Å². The zero-order valence-electron chi connectivity index (χ0n) is 10.7. The van der Waals surface area contributed by atoms with Crippen LogP contribution in [0.25, 0.3) is 11.0 Å². The van der Waals surface area contributed by atoms with Gasteiger partial charge in [-0.15, -0.1) is 0 Å². The van der Waals surface area contributed by atoms with Crippen molar-refractivity contribution in [2.45, 2.75) is 19.9 Å². The fraction of sp³-hybridized carbons (Fsp3) is 0.385. The Morgan fingerprint density at radius 1 is 1.44 bits per heavy atom. The number of fused-ring (bicyclic) bond motifs is 1. The number of hydrogen-bond acceptors (Lipinski definition) is 3. The molecule has 1 heterocycles. The van der Waals surface area contributed by atoms with E-state index in [2.05, 4.69) is 26.7 Å². The maximum Gasteiger partial charge on any atom is 0.221 e. The first-order valence-corrected chi connectivity index (χ1v) is 6.05. The molecule has 96 valence electrons. The van der Waals surface area contributed by atoms with E-state index in [9.17, 15) is 4.79 Å². The highest BCUT2D eigenvalue weighted by molar-refractivity contribution is 5.77. The van der Waals surface area contributed by atoms with Crippen molar-refractivity contribution < 1.29 is 4.79 Å². The molecule has 0 saturated heterocycles. The molecule has 0 fully saturated rings. The molecule has 18 heavy (non-hydrogen) atoms. The smallest absolute Gasteiger partial charge is 0.221 e. The number of imidazole rings is 1. The third-order valence-corrected chi connectivity index (χ3v) is 2.74. The van der Waals surface area contributed by atoms with Crippen molar-refractivity contribution in [3.8, 4) is 0 Å². The molecule has 0 radical (unpaired) electrons. The average Bonchev–Trinajstić information content (AvgIpc) is 2.75. The molecule has 2 aromatic rings. The fourth-order valence-corrected chi connectivity index (χ4v) is 1.77. The number of carbonyl (C=O) groups excluding carboxylic acids is 1. The predicted molar refractivity (Wildman–Crippen MR) is 71.2 cm³/mol. The number of aromatic amines is 1. The van der Waals surface area contributed by atoms with Crippen LogP contribution in [0.15, 0.2) is 18.2 Å². The molecule has 1 amide bonds. The van der Waals surface area contributed by atoms with Crippen LogP contribution in [-0.4, -0.2) is 29.5 Å². The summed E-state index contributed by atoms with van der Waals surface area (Å²) in [6.07, 6.45) is 0.482. The van der Waals surface area contributed by atoms with Crippen molar-refractivity contribution in [2.24, 2.45) is 0 Å². The van der Waals surface area contributed by atoms with Crippen molar-refractivity contribution in [3.05, 3.63) is 29.6 Å². The predicted octanol–water partition coefficient (Wildman–Crippen LogP) is 1.10. The van der Waals surface area contributed by atoms with E-state index in [1.54, 1.807) is 0 Å². The number of rotatable bonds is 5. The van der Waals surface area contributed by atoms with Crippen LogP contribution in [0.5, 0.6) is 0 Å². The molecule has 2 rings (SSSR count). The molecule has 0 spiro atoms. The first-order valence-electron chi connectivity index (χ1n) is 6.05. The quantitative estimate of drug-likeness (QED) is 0.740. The Labute approximate surface area is 106 Å². The summed E-state index contributed by atoms with van der Waals surface area (Å²) in [5.74, 6) is 0.814. The zero-order chi connectivity index (χ0) is 13.0. The van der Waals surface area contributed by atoms with Gasteiger partial charge in [0.1, 0.15) is 5.82 Å². The molecule has 1 aromatic carbocycles. The third kappa shape index (κ3) is 3.07. The first kappa shape index (κ1) is 12.6. The summed E-state index contributed by atoms with van der Waals surface area (Å²) < 4.78 is 0. The lowest BCUT2D eigenvalue weighted by Crippen LogP contribution is -2.26. The minimum absolute atomic E-state index is 0.0287. The van der Waals surface area contributed by atoms with Gasteiger partial charge in [0.05, 0.1) is 17.6 Å². The molecule has 0 unspecified atom stereocenters. The molecule has 0 aliphatic rings. The number of nitrogens with zero attached hydrogens (tertiary/aromatic N) is 1. The fourth-order valence-electron chi connectivity index (χ4n) is 1.77. The van der Waals surface area contributed by atoms with E-state index in [-0.39, 0.29) is 5.91 Å². The van der Waals surface area contributed by atoms with Gasteiger partial charge >= 0.3 is 0 Å². The van der Waals surface area contributed by atoms with E-state index in [0.717, 1.165) is 16.9 Å². The minimum atomic E-state index is 0.0287. The van der Waals surface area contributed by atoms with Crippen LogP contribution in [0.2, 0.25) is 0 Å². The number of nitrogens with one attached hydrogen (secondary N) is 3. The number of hydrogen-bond donors (Lipinski definition) is 3. The lowest BCUT2D eigenvalue weighted by Gasteiger charge is -2.02. The normalized spacial score (nSPS) is 10.8. The SMILES string of the molecule is CNCCC(=O)NCc1nc2ccc(C)cc2[nH]1. The maximum absolute atomic E-state index is 11.5. The van der Waals surface area contributed by atoms with Crippen LogP contribution in [0.4, 0.5) is 0 Å². The average molecular weight is 246 g/mol. The Morgan fingerprint density at radius 2 is 2.28 bits per heavy atom. The third-order valence-electron chi connectivity index (χ3n) is 2.74. The molecule has 0 aliphatic heterocycles. The highest BCUT2D eigenvalue weighted by Crippen LogP contribution is 2.12. The molecule has 0 bridgehead atoms. The lowest BCUT2D eigenvalue weighted by molar-refractivity contribution is -0.121. The van der Waals surface area contributed by atoms with Crippen LogP contribution in [0.3, 0.4) is 0 Å². The number of amides is 1. The minimum Gasteiger partial charge on any atom is -0.349 e. The van der Waals surface area contributed by atoms with Crippen molar-refractivity contribution in [2.75, 3.05) is 13.6 Å². The Kier molecular flexibility index (Phi) is 3.94. The van der Waals surface area contributed by atoms with Gasteiger partial charge in [0.2, 0.25) is 5.91 Å². The van der Waals surface area contributed by atoms with E-state index in [4.69, 9.17) is 0 Å². The summed E-state index contributed by atoms with van der Waals surface area (Å²) in [5.41, 5.74) is 3.13. The summed E-state index contributed by atoms with van der Waals surface area (Å²) in [4.78, 5) is 19.1. The number of carbonyl (C=O) groups is 1. The van der Waals surface area contributed by atoms with E-state index >= 15 is 0 Å². The molecule has 0 aliphatic carbocycles. The second-order valence-electron chi connectivity index (χ2n) is 4.33. The number of aromatic nitrogens is 2. The lowest BCUT2D eigenvalue weighted by atomic mass is 10.2. The monoisotopic (exact) mass is 246 g/mol. The van der Waals surface area contributed by atoms with Gasteiger partial charge in [-0.1, -0.05) is 6.07 Å². The van der Waals surface area contributed by atoms with Crippen LogP contribution in [0, 0.1) is 6.92 Å². The van der Waals surface area contributed by atoms with Gasteiger partial charge in [0.25, 0.3) is 0 Å². The van der Waals surface area contributed by atoms with Crippen LogP contribution in [-0.2, 0) is 11.3 Å². The molecule has 3 N–H and O–H groups in total. The Balaban J connectivity index is 1.97. The van der Waals surface area contributed by atoms with E-state index < -0.39 is 0 Å². The van der Waals surface area contributed by atoms with Crippen molar-refractivity contribution >= 4 is 16.9 Å². The maximum atomic E-state index is 11.5. The summed E-state index contributed by atoms with van der Waals surface area (Å²) >= 11 is 0. The van der Waals surface area contributed by atoms with Crippen molar-refractivity contribution in [3.63, 3.8) is 0 Å². The van der Waals surface area contributed by atoms with Crippen LogP contribution in [0.1, 0.15) is 17.8 Å². The van der Waals surface area contributed by atoms with Gasteiger partial charge in [-0.3, -0.25) is 4.79 Å². The van der Waals surface area contributed by atoms with E-state index in [0.29, 0.717) is 19.5 Å². The van der Waals surface area contributed by atoms with Crippen LogP contribution < -0.4 is 10.6 Å². The second-order valence-corrected chi connectivity index (χ2v) is 4.33. The molecule has 0 saturated carbocycles. The summed E-state index contributed by atoms with van der Waals surface area (Å²) in [6.45, 7) is 3.17. The number of aryl methyl sites for hydroxylation is 1. The van der Waals surface area contributed by atoms with Crippen LogP contribution >= 0.6 is 0 Å². The van der Waals surface area contributed by atoms with Gasteiger partial charge in [0.15, 0.2) is 0 Å². The Hall–Kier alpha value is -1.88. The first-order chi connectivity index (χ1) is 8.69. The molecule has 0 atom stereocenters. The molecule has 1 aromatic heterocycles. The highest BCUT2D eigenvalue weighted by Gasteiger charge is 2.05. The second kappa shape index (κ2) is 5.64. The molecule has 5 heteroatoms. The summed E-state index contributed by atoms with van der Waals surface area (Å²) in [6, 6.07) is 6.06. The van der Waals surface area contributed by atoms with Crippen molar-refractivity contribution in [1.82, 2.24) is 20.6 Å². The molecular weight excluding hydrogens is 228 g/mol. The summed E-state index contributed by atoms with van der Waals surface area (Å²) in [7, 11) is 1.83. The van der Waals surface area contributed by atoms with Gasteiger partial charge < -0.3 is 15.6 Å². The van der Waals surface area contributed by atoms with Gasteiger partial charge in [-0.25, -0.2) is 4.98 Å². The number of benzene rings is 1. The van der Waals surface area contributed by atoms with Gasteiger partial charge in [0, 0.05) is 13.0 Å². The Morgan fingerprint density at radius 3 is 3.06 bits per heavy atom. The largest absolute Gasteiger partial charge is 0.349 e. The molecule has 5 nitrogen and oxygen atoms in total. The zero-order valence-corrected chi connectivity index (χ0v) is 10.7. The standard InChI is InChI=1S/C13H18N4O/c1-9-3-4-10-11(7-9)17-12(16-10)8-15-13(18)5-6-14-2/h3-4,7,14H,5-6,8H2,1-2H3,(H,15,18)(H,16,17). The van der Waals surface area contributed by atoms with E-state index in [1.165, 1.54) is 5.56 Å². The highest BCUT2D eigenvalue weighted by atomic mass is 16.1. The Bertz CT molecular complexity index is 547. The molecular formula is C13H18N4O. The van der Waals surface area contributed by atoms with Crippen molar-refractivity contribution in [1.29, 1.82) is 0 Å². The van der Waals surface area contributed by atoms with E-state index in [1.807, 2.05) is 26.1 Å². The summed E-state index contributed by atoms with van der Waals surface area (Å²) in [5, 5.41) is 5.78. The van der Waals surface area contributed by atoms with Gasteiger partial charge in [-0.05, 0) is 31.7 Å². The number of H-pyrrole nitrogens is 1. The topological polar surface area (TPSA) is 69.8 Å².